The molecule has 0 radical (unpaired) electrons. The zero-order valence-corrected chi connectivity index (χ0v) is 16.3. The minimum absolute atomic E-state index is 0. The van der Waals surface area contributed by atoms with Crippen molar-refractivity contribution in [2.45, 2.75) is 38.8 Å². The summed E-state index contributed by atoms with van der Waals surface area (Å²) in [5.41, 5.74) is 3.35. The van der Waals surface area contributed by atoms with Gasteiger partial charge in [0.25, 0.3) is 0 Å². The van der Waals surface area contributed by atoms with Crippen LogP contribution >= 0.6 is 12.4 Å². The van der Waals surface area contributed by atoms with Gasteiger partial charge in [-0.3, -0.25) is 4.79 Å². The molecular weight excluding hydrogens is 364 g/mol. The summed E-state index contributed by atoms with van der Waals surface area (Å²) in [4.78, 5) is 12.3. The van der Waals surface area contributed by atoms with E-state index in [-0.39, 0.29) is 30.5 Å². The van der Waals surface area contributed by atoms with Gasteiger partial charge in [-0.05, 0) is 23.6 Å². The van der Waals surface area contributed by atoms with Crippen LogP contribution in [-0.4, -0.2) is 31.2 Å². The molecular formula is C21H27ClN2O3. The molecule has 0 aliphatic carbocycles. The number of amides is 1. The van der Waals surface area contributed by atoms with Gasteiger partial charge >= 0.3 is 0 Å². The van der Waals surface area contributed by atoms with E-state index in [0.29, 0.717) is 32.9 Å². The maximum Gasteiger partial charge on any atom is 0.240 e. The Morgan fingerprint density at radius 3 is 2.37 bits per heavy atom. The standard InChI is InChI=1S/C21H26N2O3.ClH/c1-16-20(22-11-12-26-16)21(24)23-13-17-7-9-19(10-8-17)15-25-14-18-5-3-2-4-6-18;/h2-10,16,20,22H,11-15H2,1H3,(H,23,24);1H/t16-,20+;/m1./s1. The molecule has 0 unspecified atom stereocenters. The van der Waals surface area contributed by atoms with Gasteiger partial charge in [0.1, 0.15) is 6.04 Å². The molecule has 2 aromatic rings. The van der Waals surface area contributed by atoms with Crippen LogP contribution in [0.3, 0.4) is 0 Å². The highest BCUT2D eigenvalue weighted by Gasteiger charge is 2.27. The first-order chi connectivity index (χ1) is 12.7. The van der Waals surface area contributed by atoms with E-state index in [1.807, 2.05) is 49.4 Å². The molecule has 6 heteroatoms. The number of carbonyl (C=O) groups is 1. The fraction of sp³-hybridized carbons (Fsp3) is 0.381. The van der Waals surface area contributed by atoms with E-state index in [4.69, 9.17) is 9.47 Å². The van der Waals surface area contributed by atoms with Crippen molar-refractivity contribution >= 4 is 18.3 Å². The van der Waals surface area contributed by atoms with Crippen molar-refractivity contribution in [2.24, 2.45) is 0 Å². The number of carbonyl (C=O) groups excluding carboxylic acids is 1. The summed E-state index contributed by atoms with van der Waals surface area (Å²) >= 11 is 0. The van der Waals surface area contributed by atoms with E-state index < -0.39 is 0 Å². The maximum atomic E-state index is 12.3. The maximum absolute atomic E-state index is 12.3. The number of rotatable bonds is 7. The van der Waals surface area contributed by atoms with Crippen LogP contribution < -0.4 is 10.6 Å². The third-order valence-electron chi connectivity index (χ3n) is 4.47. The SMILES string of the molecule is C[C@H]1OCCN[C@@H]1C(=O)NCc1ccc(COCc2ccccc2)cc1.Cl. The molecule has 2 atom stereocenters. The largest absolute Gasteiger partial charge is 0.375 e. The minimum Gasteiger partial charge on any atom is -0.375 e. The van der Waals surface area contributed by atoms with Gasteiger partial charge in [-0.25, -0.2) is 0 Å². The molecule has 0 spiro atoms. The molecule has 0 aromatic heterocycles. The summed E-state index contributed by atoms with van der Waals surface area (Å²) in [7, 11) is 0. The monoisotopic (exact) mass is 390 g/mol. The Morgan fingerprint density at radius 2 is 1.70 bits per heavy atom. The van der Waals surface area contributed by atoms with Crippen LogP contribution in [0.15, 0.2) is 54.6 Å². The zero-order chi connectivity index (χ0) is 18.2. The lowest BCUT2D eigenvalue weighted by atomic mass is 10.1. The van der Waals surface area contributed by atoms with E-state index in [0.717, 1.165) is 11.1 Å². The average molecular weight is 391 g/mol. The highest BCUT2D eigenvalue weighted by atomic mass is 35.5. The number of ether oxygens (including phenoxy) is 2. The Hall–Kier alpha value is -1.92. The Balaban J connectivity index is 0.00000261. The topological polar surface area (TPSA) is 59.6 Å². The molecule has 1 amide bonds. The van der Waals surface area contributed by atoms with Gasteiger partial charge in [-0.1, -0.05) is 54.6 Å². The van der Waals surface area contributed by atoms with E-state index in [9.17, 15) is 4.79 Å². The summed E-state index contributed by atoms with van der Waals surface area (Å²) in [6.45, 7) is 4.96. The van der Waals surface area contributed by atoms with Gasteiger partial charge in [0.15, 0.2) is 0 Å². The van der Waals surface area contributed by atoms with Crippen LogP contribution in [0.25, 0.3) is 0 Å². The molecule has 27 heavy (non-hydrogen) atoms. The number of nitrogens with one attached hydrogen (secondary N) is 2. The minimum atomic E-state index is -0.283. The van der Waals surface area contributed by atoms with Crippen LogP contribution in [0.2, 0.25) is 0 Å². The highest BCUT2D eigenvalue weighted by molar-refractivity contribution is 5.85. The molecule has 1 aliphatic heterocycles. The van der Waals surface area contributed by atoms with Crippen LogP contribution in [0.5, 0.6) is 0 Å². The van der Waals surface area contributed by atoms with E-state index in [1.54, 1.807) is 0 Å². The third kappa shape index (κ3) is 6.63. The van der Waals surface area contributed by atoms with Gasteiger partial charge in [0.2, 0.25) is 5.91 Å². The second-order valence-corrected chi connectivity index (χ2v) is 6.52. The summed E-state index contributed by atoms with van der Waals surface area (Å²) in [5, 5.41) is 6.17. The molecule has 5 nitrogen and oxygen atoms in total. The summed E-state index contributed by atoms with van der Waals surface area (Å²) in [6.07, 6.45) is -0.104. The summed E-state index contributed by atoms with van der Waals surface area (Å²) < 4.78 is 11.3. The first-order valence-electron chi connectivity index (χ1n) is 9.04. The van der Waals surface area contributed by atoms with Crippen molar-refractivity contribution in [3.05, 3.63) is 71.3 Å². The molecule has 0 saturated carbocycles. The normalized spacial score (nSPS) is 19.1. The molecule has 2 aromatic carbocycles. The van der Waals surface area contributed by atoms with Gasteiger partial charge in [0, 0.05) is 13.1 Å². The molecule has 3 rings (SSSR count). The number of hydrogen-bond donors (Lipinski definition) is 2. The Bertz CT molecular complexity index is 694. The van der Waals surface area contributed by atoms with E-state index in [1.165, 1.54) is 5.56 Å². The summed E-state index contributed by atoms with van der Waals surface area (Å²) in [5.74, 6) is -0.0209. The molecule has 0 bridgehead atoms. The van der Waals surface area contributed by atoms with Gasteiger partial charge < -0.3 is 20.1 Å². The van der Waals surface area contributed by atoms with E-state index in [2.05, 4.69) is 22.8 Å². The van der Waals surface area contributed by atoms with Crippen LogP contribution in [0.4, 0.5) is 0 Å². The first kappa shape index (κ1) is 21.4. The second-order valence-electron chi connectivity index (χ2n) is 6.52. The van der Waals surface area contributed by atoms with Gasteiger partial charge in [-0.15, -0.1) is 12.4 Å². The number of halogens is 1. The van der Waals surface area contributed by atoms with Crippen molar-refractivity contribution in [3.8, 4) is 0 Å². The van der Waals surface area contributed by atoms with Crippen LogP contribution in [-0.2, 0) is 34.0 Å². The Kier molecular flexibility index (Phi) is 8.75. The third-order valence-corrected chi connectivity index (χ3v) is 4.47. The van der Waals surface area contributed by atoms with Gasteiger partial charge in [0.05, 0.1) is 25.9 Å². The summed E-state index contributed by atoms with van der Waals surface area (Å²) in [6, 6.07) is 18.0. The quantitative estimate of drug-likeness (QED) is 0.763. The van der Waals surface area contributed by atoms with Crippen molar-refractivity contribution in [3.63, 3.8) is 0 Å². The predicted octanol–water partition coefficient (Wildman–Crippen LogP) is 2.82. The van der Waals surface area contributed by atoms with Crippen LogP contribution in [0.1, 0.15) is 23.6 Å². The Labute approximate surface area is 166 Å². The lowest BCUT2D eigenvalue weighted by molar-refractivity contribution is -0.129. The van der Waals surface area contributed by atoms with Crippen molar-refractivity contribution < 1.29 is 14.3 Å². The van der Waals surface area contributed by atoms with Gasteiger partial charge in [-0.2, -0.15) is 0 Å². The fourth-order valence-corrected chi connectivity index (χ4v) is 2.94. The van der Waals surface area contributed by atoms with Crippen molar-refractivity contribution in [1.29, 1.82) is 0 Å². The lowest BCUT2D eigenvalue weighted by Crippen LogP contribution is -2.55. The number of hydrogen-bond acceptors (Lipinski definition) is 4. The zero-order valence-electron chi connectivity index (χ0n) is 15.5. The second kappa shape index (κ2) is 11.0. The number of benzene rings is 2. The van der Waals surface area contributed by atoms with Crippen LogP contribution in [0, 0.1) is 0 Å². The Morgan fingerprint density at radius 1 is 1.07 bits per heavy atom. The smallest absolute Gasteiger partial charge is 0.240 e. The molecule has 2 N–H and O–H groups in total. The average Bonchev–Trinajstić information content (AvgIpc) is 2.68. The molecule has 1 aliphatic rings. The molecule has 1 fully saturated rings. The first-order valence-corrected chi connectivity index (χ1v) is 9.04. The predicted molar refractivity (Wildman–Crippen MR) is 108 cm³/mol. The molecule has 1 heterocycles. The molecule has 146 valence electrons. The molecule has 1 saturated heterocycles. The highest BCUT2D eigenvalue weighted by Crippen LogP contribution is 2.09. The van der Waals surface area contributed by atoms with Crippen molar-refractivity contribution in [1.82, 2.24) is 10.6 Å². The van der Waals surface area contributed by atoms with E-state index >= 15 is 0 Å². The lowest BCUT2D eigenvalue weighted by Gasteiger charge is -2.29. The fourth-order valence-electron chi connectivity index (χ4n) is 2.94. The number of morpholine rings is 1. The van der Waals surface area contributed by atoms with Crippen molar-refractivity contribution in [2.75, 3.05) is 13.2 Å².